The van der Waals surface area contributed by atoms with Gasteiger partial charge in [-0.3, -0.25) is 0 Å². The summed E-state index contributed by atoms with van der Waals surface area (Å²) < 4.78 is 25.9. The standard InChI is InChI=1S/C10H13BrClNO2S/c1-3-13(2)16(14,15)10-5-4-8(7-12)6-9(10)11/h4-6H,3,7H2,1-2H3. The summed E-state index contributed by atoms with van der Waals surface area (Å²) in [6, 6.07) is 5.01. The minimum absolute atomic E-state index is 0.269. The monoisotopic (exact) mass is 325 g/mol. The Balaban J connectivity index is 3.24. The highest BCUT2D eigenvalue weighted by atomic mass is 79.9. The molecule has 16 heavy (non-hydrogen) atoms. The third-order valence-corrected chi connectivity index (χ3v) is 5.50. The average Bonchev–Trinajstić information content (AvgIpc) is 2.27. The number of hydrogen-bond donors (Lipinski definition) is 0. The number of alkyl halides is 1. The Kier molecular flexibility index (Phi) is 4.79. The third-order valence-electron chi connectivity index (χ3n) is 2.28. The van der Waals surface area contributed by atoms with Gasteiger partial charge in [0, 0.05) is 23.9 Å². The highest BCUT2D eigenvalue weighted by Gasteiger charge is 2.21. The Morgan fingerprint density at radius 2 is 2.06 bits per heavy atom. The van der Waals surface area contributed by atoms with Gasteiger partial charge in [0.25, 0.3) is 0 Å². The zero-order valence-electron chi connectivity index (χ0n) is 9.07. The van der Waals surface area contributed by atoms with Crippen molar-refractivity contribution in [3.63, 3.8) is 0 Å². The van der Waals surface area contributed by atoms with Crippen LogP contribution in [0.5, 0.6) is 0 Å². The number of rotatable bonds is 4. The van der Waals surface area contributed by atoms with Gasteiger partial charge in [-0.05, 0) is 33.6 Å². The molecule has 0 aromatic heterocycles. The molecule has 0 bridgehead atoms. The van der Waals surface area contributed by atoms with Crippen molar-refractivity contribution in [1.29, 1.82) is 0 Å². The lowest BCUT2D eigenvalue weighted by atomic mass is 10.2. The molecule has 0 fully saturated rings. The molecule has 1 aromatic carbocycles. The zero-order valence-corrected chi connectivity index (χ0v) is 12.2. The molecule has 0 atom stereocenters. The number of sulfonamides is 1. The largest absolute Gasteiger partial charge is 0.243 e. The van der Waals surface area contributed by atoms with Crippen LogP contribution in [0.15, 0.2) is 27.6 Å². The van der Waals surface area contributed by atoms with Crippen molar-refractivity contribution >= 4 is 37.6 Å². The minimum Gasteiger partial charge on any atom is -0.207 e. The average molecular weight is 327 g/mol. The summed E-state index contributed by atoms with van der Waals surface area (Å²) in [5, 5.41) is 0. The zero-order chi connectivity index (χ0) is 12.3. The lowest BCUT2D eigenvalue weighted by molar-refractivity contribution is 0.486. The van der Waals surface area contributed by atoms with Crippen molar-refractivity contribution in [2.24, 2.45) is 0 Å². The lowest BCUT2D eigenvalue weighted by Gasteiger charge is -2.16. The first kappa shape index (κ1) is 14.0. The predicted molar refractivity (Wildman–Crippen MR) is 69.2 cm³/mol. The molecule has 0 amide bonds. The first-order valence-corrected chi connectivity index (χ1v) is 7.51. The van der Waals surface area contributed by atoms with E-state index in [-0.39, 0.29) is 4.90 Å². The van der Waals surface area contributed by atoms with E-state index in [9.17, 15) is 8.42 Å². The van der Waals surface area contributed by atoms with Crippen molar-refractivity contribution in [1.82, 2.24) is 4.31 Å². The predicted octanol–water partition coefficient (Wildman–Crippen LogP) is 2.83. The molecule has 0 saturated heterocycles. The smallest absolute Gasteiger partial charge is 0.207 e. The van der Waals surface area contributed by atoms with Crippen molar-refractivity contribution in [2.45, 2.75) is 17.7 Å². The molecular formula is C10H13BrClNO2S. The fraction of sp³-hybridized carbons (Fsp3) is 0.400. The summed E-state index contributed by atoms with van der Waals surface area (Å²) in [5.74, 6) is 0.364. The van der Waals surface area contributed by atoms with Gasteiger partial charge >= 0.3 is 0 Å². The fourth-order valence-corrected chi connectivity index (χ4v) is 3.60. The highest BCUT2D eigenvalue weighted by molar-refractivity contribution is 9.10. The molecule has 0 N–H and O–H groups in total. The molecule has 6 heteroatoms. The Bertz CT molecular complexity index is 476. The van der Waals surface area contributed by atoms with Crippen LogP contribution < -0.4 is 0 Å². The van der Waals surface area contributed by atoms with Gasteiger partial charge in [0.05, 0.1) is 4.90 Å². The first-order valence-electron chi connectivity index (χ1n) is 4.74. The van der Waals surface area contributed by atoms with Crippen LogP contribution in [-0.2, 0) is 15.9 Å². The summed E-state index contributed by atoms with van der Waals surface area (Å²) in [5.41, 5.74) is 0.881. The highest BCUT2D eigenvalue weighted by Crippen LogP contribution is 2.26. The molecule has 0 spiro atoms. The Morgan fingerprint density at radius 3 is 2.50 bits per heavy atom. The number of hydrogen-bond acceptors (Lipinski definition) is 2. The molecule has 3 nitrogen and oxygen atoms in total. The van der Waals surface area contributed by atoms with Crippen molar-refractivity contribution < 1.29 is 8.42 Å². The van der Waals surface area contributed by atoms with Crippen LogP contribution in [0.3, 0.4) is 0 Å². The van der Waals surface area contributed by atoms with E-state index in [1.54, 1.807) is 32.2 Å². The van der Waals surface area contributed by atoms with E-state index in [0.717, 1.165) is 5.56 Å². The van der Waals surface area contributed by atoms with Crippen molar-refractivity contribution in [3.8, 4) is 0 Å². The second kappa shape index (κ2) is 5.49. The lowest BCUT2D eigenvalue weighted by Crippen LogP contribution is -2.26. The molecule has 1 aromatic rings. The molecule has 0 aliphatic heterocycles. The maximum absolute atomic E-state index is 12.0. The van der Waals surface area contributed by atoms with E-state index < -0.39 is 10.0 Å². The Labute approximate surface area is 110 Å². The van der Waals surface area contributed by atoms with Gasteiger partial charge in [-0.25, -0.2) is 12.7 Å². The molecule has 0 saturated carbocycles. The van der Waals surface area contributed by atoms with E-state index in [2.05, 4.69) is 15.9 Å². The van der Waals surface area contributed by atoms with Gasteiger partial charge in [-0.2, -0.15) is 0 Å². The number of nitrogens with zero attached hydrogens (tertiary/aromatic N) is 1. The molecule has 0 unspecified atom stereocenters. The van der Waals surface area contributed by atoms with Crippen LogP contribution >= 0.6 is 27.5 Å². The van der Waals surface area contributed by atoms with Crippen LogP contribution in [0.1, 0.15) is 12.5 Å². The normalized spacial score (nSPS) is 12.1. The Morgan fingerprint density at radius 1 is 1.44 bits per heavy atom. The van der Waals surface area contributed by atoms with Gasteiger partial charge in [0.1, 0.15) is 0 Å². The van der Waals surface area contributed by atoms with E-state index in [0.29, 0.717) is 16.9 Å². The van der Waals surface area contributed by atoms with Gasteiger partial charge in [0.2, 0.25) is 10.0 Å². The van der Waals surface area contributed by atoms with Crippen LogP contribution in [0, 0.1) is 0 Å². The molecule has 0 radical (unpaired) electrons. The molecule has 0 heterocycles. The van der Waals surface area contributed by atoms with Gasteiger partial charge < -0.3 is 0 Å². The first-order chi connectivity index (χ1) is 7.43. The second-order valence-corrected chi connectivity index (χ2v) is 6.45. The minimum atomic E-state index is -3.40. The van der Waals surface area contributed by atoms with Crippen LogP contribution in [0.2, 0.25) is 0 Å². The summed E-state index contributed by atoms with van der Waals surface area (Å²) in [7, 11) is -1.85. The maximum Gasteiger partial charge on any atom is 0.243 e. The van der Waals surface area contributed by atoms with Crippen LogP contribution in [-0.4, -0.2) is 26.3 Å². The molecule has 90 valence electrons. The van der Waals surface area contributed by atoms with E-state index in [1.165, 1.54) is 4.31 Å². The summed E-state index contributed by atoms with van der Waals surface area (Å²) in [6.07, 6.45) is 0. The second-order valence-electron chi connectivity index (χ2n) is 3.32. The molecular weight excluding hydrogens is 314 g/mol. The molecule has 0 aliphatic carbocycles. The Hall–Kier alpha value is -0.100. The summed E-state index contributed by atoms with van der Waals surface area (Å²) >= 11 is 8.93. The van der Waals surface area contributed by atoms with Crippen LogP contribution in [0.4, 0.5) is 0 Å². The topological polar surface area (TPSA) is 37.4 Å². The van der Waals surface area contributed by atoms with E-state index in [1.807, 2.05) is 0 Å². The van der Waals surface area contributed by atoms with E-state index in [4.69, 9.17) is 11.6 Å². The molecule has 0 aliphatic rings. The maximum atomic E-state index is 12.0. The quantitative estimate of drug-likeness (QED) is 0.798. The fourth-order valence-electron chi connectivity index (χ4n) is 1.17. The van der Waals surface area contributed by atoms with Crippen molar-refractivity contribution in [2.75, 3.05) is 13.6 Å². The van der Waals surface area contributed by atoms with Gasteiger partial charge in [-0.1, -0.05) is 13.0 Å². The molecule has 1 rings (SSSR count). The SMILES string of the molecule is CCN(C)S(=O)(=O)c1ccc(CCl)cc1Br. The third kappa shape index (κ3) is 2.77. The number of halogens is 2. The summed E-state index contributed by atoms with van der Waals surface area (Å²) in [4.78, 5) is 0.269. The van der Waals surface area contributed by atoms with Gasteiger partial charge in [-0.15, -0.1) is 11.6 Å². The van der Waals surface area contributed by atoms with E-state index >= 15 is 0 Å². The number of benzene rings is 1. The summed E-state index contributed by atoms with van der Waals surface area (Å²) in [6.45, 7) is 2.23. The van der Waals surface area contributed by atoms with Crippen molar-refractivity contribution in [3.05, 3.63) is 28.2 Å². The van der Waals surface area contributed by atoms with Gasteiger partial charge in [0.15, 0.2) is 0 Å². The van der Waals surface area contributed by atoms with Crippen LogP contribution in [0.25, 0.3) is 0 Å².